The van der Waals surface area contributed by atoms with Crippen molar-refractivity contribution in [3.05, 3.63) is 104 Å². The van der Waals surface area contributed by atoms with Crippen molar-refractivity contribution in [2.24, 2.45) is 0 Å². The van der Waals surface area contributed by atoms with Crippen molar-refractivity contribution in [3.63, 3.8) is 0 Å². The van der Waals surface area contributed by atoms with Crippen LogP contribution >= 0.6 is 23.2 Å². The molecule has 10 heteroatoms. The number of hydrogen-bond acceptors (Lipinski definition) is 5. The summed E-state index contributed by atoms with van der Waals surface area (Å²) >= 11 is 12.3. The van der Waals surface area contributed by atoms with Gasteiger partial charge >= 0.3 is 0 Å². The van der Waals surface area contributed by atoms with Gasteiger partial charge in [-0.25, -0.2) is 4.39 Å². The lowest BCUT2D eigenvalue weighted by molar-refractivity contribution is -0.136. The zero-order valence-corrected chi connectivity index (χ0v) is 23.8. The zero-order valence-electron chi connectivity index (χ0n) is 22.3. The second kappa shape index (κ2) is 11.5. The van der Waals surface area contributed by atoms with Gasteiger partial charge in [0.15, 0.2) is 0 Å². The SMILES string of the molecule is O=C1CCC(N2Cc3cc(CN4CCN(C(c5ccc(Cl)cc5)c5ccc(Cl)cc5)CC4)c(F)cc3C2=O)C(=O)N1. The zero-order chi connectivity index (χ0) is 28.7. The molecule has 0 aliphatic carbocycles. The molecule has 3 aromatic carbocycles. The number of rotatable bonds is 6. The Morgan fingerprint density at radius 2 is 1.49 bits per heavy atom. The van der Waals surface area contributed by atoms with Crippen LogP contribution < -0.4 is 5.32 Å². The molecule has 6 rings (SSSR count). The molecule has 0 spiro atoms. The molecule has 3 aliphatic rings. The van der Waals surface area contributed by atoms with Crippen LogP contribution in [0.2, 0.25) is 10.0 Å². The van der Waals surface area contributed by atoms with E-state index in [1.54, 1.807) is 6.07 Å². The molecule has 3 aliphatic heterocycles. The first kappa shape index (κ1) is 27.8. The van der Waals surface area contributed by atoms with Crippen LogP contribution in [0, 0.1) is 5.82 Å². The van der Waals surface area contributed by atoms with Crippen LogP contribution in [0.3, 0.4) is 0 Å². The highest BCUT2D eigenvalue weighted by molar-refractivity contribution is 6.30. The third-order valence-electron chi connectivity index (χ3n) is 8.23. The highest BCUT2D eigenvalue weighted by Gasteiger charge is 2.39. The molecular formula is C31H29Cl2FN4O3. The third-order valence-corrected chi connectivity index (χ3v) is 8.73. The normalized spacial score (nSPS) is 20.0. The summed E-state index contributed by atoms with van der Waals surface area (Å²) in [6, 6.07) is 18.2. The minimum Gasteiger partial charge on any atom is -0.322 e. The second-order valence-corrected chi connectivity index (χ2v) is 11.7. The topological polar surface area (TPSA) is 73.0 Å². The fourth-order valence-corrected chi connectivity index (χ4v) is 6.34. The highest BCUT2D eigenvalue weighted by atomic mass is 35.5. The van der Waals surface area contributed by atoms with Gasteiger partial charge in [-0.05, 0) is 59.5 Å². The number of benzene rings is 3. The number of piperidine rings is 1. The summed E-state index contributed by atoms with van der Waals surface area (Å²) in [6.07, 6.45) is 0.454. The molecule has 0 radical (unpaired) electrons. The molecule has 2 fully saturated rings. The number of nitrogens with one attached hydrogen (secondary N) is 1. The van der Waals surface area contributed by atoms with Crippen molar-refractivity contribution in [1.82, 2.24) is 20.0 Å². The van der Waals surface area contributed by atoms with Crippen LogP contribution in [0.1, 0.15) is 51.5 Å². The van der Waals surface area contributed by atoms with Crippen LogP contribution in [0.4, 0.5) is 4.39 Å². The molecule has 7 nitrogen and oxygen atoms in total. The van der Waals surface area contributed by atoms with E-state index in [4.69, 9.17) is 23.2 Å². The molecular weight excluding hydrogens is 566 g/mol. The van der Waals surface area contributed by atoms with Crippen molar-refractivity contribution < 1.29 is 18.8 Å². The van der Waals surface area contributed by atoms with Gasteiger partial charge in [0, 0.05) is 66.9 Å². The molecule has 1 atom stereocenters. The molecule has 2 saturated heterocycles. The molecule has 41 heavy (non-hydrogen) atoms. The highest BCUT2D eigenvalue weighted by Crippen LogP contribution is 2.33. The van der Waals surface area contributed by atoms with Crippen molar-refractivity contribution in [3.8, 4) is 0 Å². The summed E-state index contributed by atoms with van der Waals surface area (Å²) in [5.74, 6) is -1.61. The van der Waals surface area contributed by atoms with E-state index >= 15 is 4.39 Å². The van der Waals surface area contributed by atoms with Gasteiger partial charge in [-0.3, -0.25) is 29.5 Å². The second-order valence-electron chi connectivity index (χ2n) is 10.8. The Bertz CT molecular complexity index is 1440. The number of fused-ring (bicyclic) bond motifs is 1. The maximum absolute atomic E-state index is 15.2. The van der Waals surface area contributed by atoms with E-state index in [0.717, 1.165) is 37.3 Å². The number of imide groups is 1. The van der Waals surface area contributed by atoms with E-state index in [2.05, 4.69) is 15.1 Å². The average Bonchev–Trinajstić information content (AvgIpc) is 3.26. The van der Waals surface area contributed by atoms with Crippen molar-refractivity contribution >= 4 is 40.9 Å². The lowest BCUT2D eigenvalue weighted by Gasteiger charge is -2.40. The van der Waals surface area contributed by atoms with Crippen LogP contribution in [-0.2, 0) is 22.7 Å². The van der Waals surface area contributed by atoms with E-state index in [1.165, 1.54) is 11.0 Å². The van der Waals surface area contributed by atoms with Crippen LogP contribution in [0.15, 0.2) is 60.7 Å². The maximum Gasteiger partial charge on any atom is 0.255 e. The number of piperazine rings is 1. The van der Waals surface area contributed by atoms with Gasteiger partial charge in [0.1, 0.15) is 11.9 Å². The minimum atomic E-state index is -0.721. The fourth-order valence-electron chi connectivity index (χ4n) is 6.09. The Kier molecular flexibility index (Phi) is 7.83. The largest absolute Gasteiger partial charge is 0.322 e. The minimum absolute atomic E-state index is 0.0349. The number of halogens is 3. The number of amides is 3. The van der Waals surface area contributed by atoms with Gasteiger partial charge in [0.05, 0.1) is 6.04 Å². The molecule has 3 aromatic rings. The summed E-state index contributed by atoms with van der Waals surface area (Å²) in [5, 5.41) is 3.67. The first-order valence-corrected chi connectivity index (χ1v) is 14.5. The lowest BCUT2D eigenvalue weighted by Crippen LogP contribution is -2.52. The molecule has 3 heterocycles. The van der Waals surface area contributed by atoms with Gasteiger partial charge < -0.3 is 4.90 Å². The molecule has 1 N–H and O–H groups in total. The van der Waals surface area contributed by atoms with Crippen LogP contribution in [0.25, 0.3) is 0 Å². The van der Waals surface area contributed by atoms with Crippen LogP contribution in [-0.4, -0.2) is 64.6 Å². The number of nitrogens with zero attached hydrogens (tertiary/aromatic N) is 3. The number of hydrogen-bond donors (Lipinski definition) is 1. The average molecular weight is 596 g/mol. The predicted molar refractivity (Wildman–Crippen MR) is 154 cm³/mol. The van der Waals surface area contributed by atoms with Gasteiger partial charge in [0.25, 0.3) is 5.91 Å². The molecule has 0 saturated carbocycles. The predicted octanol–water partition coefficient (Wildman–Crippen LogP) is 4.80. The van der Waals surface area contributed by atoms with E-state index in [0.29, 0.717) is 27.7 Å². The van der Waals surface area contributed by atoms with E-state index < -0.39 is 17.8 Å². The summed E-state index contributed by atoms with van der Waals surface area (Å²) in [7, 11) is 0. The van der Waals surface area contributed by atoms with Crippen molar-refractivity contribution in [2.75, 3.05) is 26.2 Å². The van der Waals surface area contributed by atoms with E-state index in [9.17, 15) is 14.4 Å². The Balaban J connectivity index is 1.14. The summed E-state index contributed by atoms with van der Waals surface area (Å²) < 4.78 is 15.2. The van der Waals surface area contributed by atoms with E-state index in [1.807, 2.05) is 48.5 Å². The maximum atomic E-state index is 15.2. The van der Waals surface area contributed by atoms with Crippen LogP contribution in [0.5, 0.6) is 0 Å². The first-order valence-electron chi connectivity index (χ1n) is 13.7. The van der Waals surface area contributed by atoms with Crippen molar-refractivity contribution in [1.29, 1.82) is 0 Å². The Labute approximate surface area is 247 Å². The molecule has 1 unspecified atom stereocenters. The lowest BCUT2D eigenvalue weighted by atomic mass is 9.96. The van der Waals surface area contributed by atoms with E-state index in [-0.39, 0.29) is 42.8 Å². The Morgan fingerprint density at radius 3 is 2.07 bits per heavy atom. The number of carbonyl (C=O) groups excluding carboxylic acids is 3. The van der Waals surface area contributed by atoms with Gasteiger partial charge in [-0.15, -0.1) is 0 Å². The summed E-state index contributed by atoms with van der Waals surface area (Å²) in [6.45, 7) is 3.71. The smallest absolute Gasteiger partial charge is 0.255 e. The molecule has 0 aromatic heterocycles. The molecule has 212 valence electrons. The first-order chi connectivity index (χ1) is 19.8. The molecule has 0 bridgehead atoms. The fraction of sp³-hybridized carbons (Fsp3) is 0.323. The summed E-state index contributed by atoms with van der Waals surface area (Å²) in [4.78, 5) is 43.0. The monoisotopic (exact) mass is 594 g/mol. The number of carbonyl (C=O) groups is 3. The Hall–Kier alpha value is -3.30. The quantitative estimate of drug-likeness (QED) is 0.415. The van der Waals surface area contributed by atoms with Gasteiger partial charge in [-0.2, -0.15) is 0 Å². The summed E-state index contributed by atoms with van der Waals surface area (Å²) in [5.41, 5.74) is 3.80. The van der Waals surface area contributed by atoms with Crippen molar-refractivity contribution in [2.45, 2.75) is 38.0 Å². The third kappa shape index (κ3) is 5.75. The molecule has 3 amide bonds. The van der Waals surface area contributed by atoms with Gasteiger partial charge in [0.2, 0.25) is 11.8 Å². The standard InChI is InChI=1S/C31H29Cl2FN4O3/c32-23-5-1-19(2-6-23)29(20-3-7-24(33)8-4-20)37-13-11-36(12-14-37)17-22-15-21-18-38(31(41)25(21)16-26(22)34)27-9-10-28(39)35-30(27)40/h1-8,15-16,27,29H,9-14,17-18H2,(H,35,39,40). The Morgan fingerprint density at radius 1 is 0.878 bits per heavy atom. The van der Waals surface area contributed by atoms with Gasteiger partial charge in [-0.1, -0.05) is 47.5 Å².